The van der Waals surface area contributed by atoms with Crippen LogP contribution < -0.4 is 11.1 Å². The van der Waals surface area contributed by atoms with Crippen molar-refractivity contribution in [1.82, 2.24) is 4.98 Å². The molecule has 3 aromatic rings. The fourth-order valence-electron chi connectivity index (χ4n) is 1.99. The van der Waals surface area contributed by atoms with Crippen LogP contribution in [0.3, 0.4) is 0 Å². The van der Waals surface area contributed by atoms with Crippen molar-refractivity contribution in [3.63, 3.8) is 0 Å². The van der Waals surface area contributed by atoms with Gasteiger partial charge in [0.05, 0.1) is 0 Å². The summed E-state index contributed by atoms with van der Waals surface area (Å²) in [6, 6.07) is 14.1. The zero-order valence-corrected chi connectivity index (χ0v) is 10.7. The largest absolute Gasteiger partial charge is 0.423 e. The third kappa shape index (κ3) is 2.38. The van der Waals surface area contributed by atoms with Gasteiger partial charge in [-0.1, -0.05) is 19.1 Å². The van der Waals surface area contributed by atoms with Crippen molar-refractivity contribution < 1.29 is 4.42 Å². The molecule has 0 unspecified atom stereocenters. The van der Waals surface area contributed by atoms with Gasteiger partial charge in [0, 0.05) is 11.4 Å². The normalized spacial score (nSPS) is 10.8. The number of aromatic nitrogens is 1. The van der Waals surface area contributed by atoms with Crippen LogP contribution in [0.15, 0.2) is 46.9 Å². The van der Waals surface area contributed by atoms with Crippen molar-refractivity contribution in [1.29, 1.82) is 0 Å². The standard InChI is InChI=1S/C15H15N3O/c1-2-10-4-3-5-12(8-10)17-15-18-13-9-11(16)6-7-14(13)19-15/h3-9H,2,16H2,1H3,(H,17,18). The zero-order chi connectivity index (χ0) is 13.2. The molecule has 4 heteroatoms. The summed E-state index contributed by atoms with van der Waals surface area (Å²) in [5.41, 5.74) is 10.1. The van der Waals surface area contributed by atoms with E-state index in [0.29, 0.717) is 11.7 Å². The van der Waals surface area contributed by atoms with Crippen LogP contribution in [-0.4, -0.2) is 4.98 Å². The number of rotatable bonds is 3. The van der Waals surface area contributed by atoms with Crippen LogP contribution in [0.4, 0.5) is 17.4 Å². The Hall–Kier alpha value is -2.49. The van der Waals surface area contributed by atoms with E-state index in [9.17, 15) is 0 Å². The van der Waals surface area contributed by atoms with E-state index >= 15 is 0 Å². The Morgan fingerprint density at radius 3 is 2.95 bits per heavy atom. The molecule has 3 rings (SSSR count). The first-order valence-electron chi connectivity index (χ1n) is 6.26. The highest BCUT2D eigenvalue weighted by molar-refractivity contribution is 5.78. The van der Waals surface area contributed by atoms with Crippen LogP contribution >= 0.6 is 0 Å². The molecule has 2 aromatic carbocycles. The number of hydrogen-bond acceptors (Lipinski definition) is 4. The molecule has 4 nitrogen and oxygen atoms in total. The first kappa shape index (κ1) is 11.6. The monoisotopic (exact) mass is 253 g/mol. The van der Waals surface area contributed by atoms with E-state index in [2.05, 4.69) is 29.4 Å². The number of nitrogens with one attached hydrogen (secondary N) is 1. The molecule has 0 saturated carbocycles. The lowest BCUT2D eigenvalue weighted by Gasteiger charge is -2.03. The van der Waals surface area contributed by atoms with Crippen molar-refractivity contribution in [2.24, 2.45) is 0 Å². The number of nitrogens with two attached hydrogens (primary N) is 1. The van der Waals surface area contributed by atoms with E-state index in [0.717, 1.165) is 23.2 Å². The molecule has 96 valence electrons. The van der Waals surface area contributed by atoms with E-state index in [1.807, 2.05) is 18.2 Å². The van der Waals surface area contributed by atoms with Crippen molar-refractivity contribution >= 4 is 28.5 Å². The van der Waals surface area contributed by atoms with Crippen molar-refractivity contribution in [2.45, 2.75) is 13.3 Å². The van der Waals surface area contributed by atoms with Gasteiger partial charge in [-0.3, -0.25) is 0 Å². The Morgan fingerprint density at radius 1 is 1.21 bits per heavy atom. The molecule has 0 aliphatic heterocycles. The Balaban J connectivity index is 1.92. The Kier molecular flexibility index (Phi) is 2.83. The average Bonchev–Trinajstić information content (AvgIpc) is 2.80. The minimum atomic E-state index is 0.480. The van der Waals surface area contributed by atoms with Crippen LogP contribution in [-0.2, 0) is 6.42 Å². The lowest BCUT2D eigenvalue weighted by atomic mass is 10.1. The minimum absolute atomic E-state index is 0.480. The van der Waals surface area contributed by atoms with E-state index in [1.54, 1.807) is 12.1 Å². The summed E-state index contributed by atoms with van der Waals surface area (Å²) in [6.07, 6.45) is 1.000. The van der Waals surface area contributed by atoms with E-state index < -0.39 is 0 Å². The van der Waals surface area contributed by atoms with Crippen LogP contribution in [0.2, 0.25) is 0 Å². The third-order valence-electron chi connectivity index (χ3n) is 3.00. The van der Waals surface area contributed by atoms with Crippen molar-refractivity contribution in [3.8, 4) is 0 Å². The summed E-state index contributed by atoms with van der Waals surface area (Å²) in [6.45, 7) is 2.13. The number of nitrogen functional groups attached to an aromatic ring is 1. The van der Waals surface area contributed by atoms with Gasteiger partial charge in [0.2, 0.25) is 0 Å². The summed E-state index contributed by atoms with van der Waals surface area (Å²) in [4.78, 5) is 4.37. The Bertz CT molecular complexity index is 718. The number of benzene rings is 2. The molecule has 0 bridgehead atoms. The van der Waals surface area contributed by atoms with Gasteiger partial charge in [-0.15, -0.1) is 0 Å². The lowest BCUT2D eigenvalue weighted by molar-refractivity contribution is 0.623. The summed E-state index contributed by atoms with van der Waals surface area (Å²) < 4.78 is 5.62. The average molecular weight is 253 g/mol. The fraction of sp³-hybridized carbons (Fsp3) is 0.133. The zero-order valence-electron chi connectivity index (χ0n) is 10.7. The molecule has 19 heavy (non-hydrogen) atoms. The molecule has 0 spiro atoms. The quantitative estimate of drug-likeness (QED) is 0.698. The number of fused-ring (bicyclic) bond motifs is 1. The first-order chi connectivity index (χ1) is 9.24. The van der Waals surface area contributed by atoms with Crippen LogP contribution in [0, 0.1) is 0 Å². The number of nitrogens with zero attached hydrogens (tertiary/aromatic N) is 1. The molecule has 0 aliphatic rings. The van der Waals surface area contributed by atoms with Crippen molar-refractivity contribution in [3.05, 3.63) is 48.0 Å². The molecule has 0 atom stereocenters. The van der Waals surface area contributed by atoms with Gasteiger partial charge < -0.3 is 15.5 Å². The van der Waals surface area contributed by atoms with Gasteiger partial charge in [0.1, 0.15) is 5.52 Å². The summed E-state index contributed by atoms with van der Waals surface area (Å²) >= 11 is 0. The maximum absolute atomic E-state index is 5.72. The van der Waals surface area contributed by atoms with Crippen molar-refractivity contribution in [2.75, 3.05) is 11.1 Å². The fourth-order valence-corrected chi connectivity index (χ4v) is 1.99. The second-order valence-electron chi connectivity index (χ2n) is 4.43. The van der Waals surface area contributed by atoms with Gasteiger partial charge in [0.25, 0.3) is 6.01 Å². The number of anilines is 3. The second kappa shape index (κ2) is 4.65. The Morgan fingerprint density at radius 2 is 2.11 bits per heavy atom. The molecule has 1 heterocycles. The predicted molar refractivity (Wildman–Crippen MR) is 77.5 cm³/mol. The molecular weight excluding hydrogens is 238 g/mol. The molecule has 0 fully saturated rings. The van der Waals surface area contributed by atoms with E-state index in [-0.39, 0.29) is 0 Å². The highest BCUT2D eigenvalue weighted by Gasteiger charge is 2.06. The first-order valence-corrected chi connectivity index (χ1v) is 6.26. The van der Waals surface area contributed by atoms with Gasteiger partial charge in [-0.2, -0.15) is 4.98 Å². The topological polar surface area (TPSA) is 64.1 Å². The molecule has 0 amide bonds. The van der Waals surface area contributed by atoms with Gasteiger partial charge in [-0.25, -0.2) is 0 Å². The molecule has 0 saturated heterocycles. The number of oxazole rings is 1. The molecule has 1 aromatic heterocycles. The maximum atomic E-state index is 5.72. The van der Waals surface area contributed by atoms with Crippen LogP contribution in [0.25, 0.3) is 11.1 Å². The predicted octanol–water partition coefficient (Wildman–Crippen LogP) is 3.72. The highest BCUT2D eigenvalue weighted by Crippen LogP contribution is 2.24. The molecule has 0 radical (unpaired) electrons. The second-order valence-corrected chi connectivity index (χ2v) is 4.43. The summed E-state index contributed by atoms with van der Waals surface area (Å²) in [5.74, 6) is 0. The van der Waals surface area contributed by atoms with Crippen LogP contribution in [0.1, 0.15) is 12.5 Å². The van der Waals surface area contributed by atoms with E-state index in [1.165, 1.54) is 5.56 Å². The third-order valence-corrected chi connectivity index (χ3v) is 3.00. The summed E-state index contributed by atoms with van der Waals surface area (Å²) in [5, 5.41) is 3.17. The van der Waals surface area contributed by atoms with Crippen LogP contribution in [0.5, 0.6) is 0 Å². The van der Waals surface area contributed by atoms with Gasteiger partial charge in [0.15, 0.2) is 5.58 Å². The molecular formula is C15H15N3O. The highest BCUT2D eigenvalue weighted by atomic mass is 16.4. The van der Waals surface area contributed by atoms with Gasteiger partial charge in [-0.05, 0) is 42.3 Å². The molecule has 0 aliphatic carbocycles. The van der Waals surface area contributed by atoms with E-state index in [4.69, 9.17) is 10.2 Å². The maximum Gasteiger partial charge on any atom is 0.300 e. The minimum Gasteiger partial charge on any atom is -0.423 e. The van der Waals surface area contributed by atoms with Gasteiger partial charge >= 0.3 is 0 Å². The number of aryl methyl sites for hydroxylation is 1. The Labute approximate surface area is 111 Å². The lowest BCUT2D eigenvalue weighted by Crippen LogP contribution is -1.91. The molecule has 3 N–H and O–H groups in total. The SMILES string of the molecule is CCc1cccc(Nc2nc3cc(N)ccc3o2)c1. The number of hydrogen-bond donors (Lipinski definition) is 2. The summed E-state index contributed by atoms with van der Waals surface area (Å²) in [7, 11) is 0. The smallest absolute Gasteiger partial charge is 0.300 e.